The van der Waals surface area contributed by atoms with Gasteiger partial charge in [0, 0.05) is 31.9 Å². The molecule has 0 bridgehead atoms. The molecule has 0 saturated heterocycles. The van der Waals surface area contributed by atoms with Crippen LogP contribution in [0, 0.1) is 0 Å². The van der Waals surface area contributed by atoms with E-state index in [1.54, 1.807) is 6.20 Å². The zero-order chi connectivity index (χ0) is 13.0. The second-order valence-corrected chi connectivity index (χ2v) is 4.55. The van der Waals surface area contributed by atoms with Gasteiger partial charge in [0.05, 0.1) is 0 Å². The van der Waals surface area contributed by atoms with Gasteiger partial charge >= 0.3 is 0 Å². The van der Waals surface area contributed by atoms with Gasteiger partial charge in [-0.05, 0) is 23.8 Å². The summed E-state index contributed by atoms with van der Waals surface area (Å²) in [6, 6.07) is 9.58. The predicted molar refractivity (Wildman–Crippen MR) is 75.1 cm³/mol. The molecule has 0 unspecified atom stereocenters. The van der Waals surface area contributed by atoms with Gasteiger partial charge in [-0.3, -0.25) is 0 Å². The Morgan fingerprint density at radius 2 is 2.11 bits per heavy atom. The summed E-state index contributed by atoms with van der Waals surface area (Å²) in [4.78, 5) is 10.5. The highest BCUT2D eigenvalue weighted by Crippen LogP contribution is 2.13. The smallest absolute Gasteiger partial charge is 0.224 e. The summed E-state index contributed by atoms with van der Waals surface area (Å²) < 4.78 is 0. The van der Waals surface area contributed by atoms with Crippen LogP contribution >= 0.6 is 11.6 Å². The number of hydrogen-bond donors (Lipinski definition) is 1. The molecule has 1 aromatic carbocycles. The molecular formula is C13H15ClN4. The van der Waals surface area contributed by atoms with E-state index in [9.17, 15) is 0 Å². The van der Waals surface area contributed by atoms with Gasteiger partial charge < -0.3 is 10.2 Å². The molecule has 0 aliphatic rings. The number of benzene rings is 1. The van der Waals surface area contributed by atoms with Crippen molar-refractivity contribution in [3.63, 3.8) is 0 Å². The summed E-state index contributed by atoms with van der Waals surface area (Å²) in [6.07, 6.45) is 1.74. The van der Waals surface area contributed by atoms with Crippen molar-refractivity contribution in [1.82, 2.24) is 9.97 Å². The van der Waals surface area contributed by atoms with Crippen molar-refractivity contribution in [2.45, 2.75) is 6.54 Å². The summed E-state index contributed by atoms with van der Waals surface area (Å²) >= 11 is 5.93. The molecular weight excluding hydrogens is 248 g/mol. The summed E-state index contributed by atoms with van der Waals surface area (Å²) in [5.41, 5.74) is 1.10. The maximum atomic E-state index is 5.93. The molecule has 94 valence electrons. The van der Waals surface area contributed by atoms with Crippen molar-refractivity contribution in [3.05, 3.63) is 47.1 Å². The minimum atomic E-state index is 0.612. The minimum Gasteiger partial charge on any atom is -0.363 e. The first-order valence-corrected chi connectivity index (χ1v) is 6.01. The fourth-order valence-corrected chi connectivity index (χ4v) is 1.72. The Morgan fingerprint density at radius 3 is 2.83 bits per heavy atom. The Hall–Kier alpha value is -1.81. The van der Waals surface area contributed by atoms with Crippen LogP contribution in [0.1, 0.15) is 5.56 Å². The predicted octanol–water partition coefficient (Wildman–Crippen LogP) is 2.81. The maximum absolute atomic E-state index is 5.93. The standard InChI is InChI=1S/C13H15ClN4/c1-18(2)12-6-7-15-13(17-12)16-9-10-4-3-5-11(14)8-10/h3-8H,9H2,1-2H3,(H,15,16,17). The molecule has 1 aromatic heterocycles. The van der Waals surface area contributed by atoms with Crippen LogP contribution in [0.25, 0.3) is 0 Å². The number of rotatable bonds is 4. The number of nitrogens with zero attached hydrogens (tertiary/aromatic N) is 3. The monoisotopic (exact) mass is 262 g/mol. The molecule has 0 aliphatic carbocycles. The van der Waals surface area contributed by atoms with Gasteiger partial charge in [0.2, 0.25) is 5.95 Å². The highest BCUT2D eigenvalue weighted by Gasteiger charge is 2.01. The van der Waals surface area contributed by atoms with Crippen LogP contribution in [-0.2, 0) is 6.54 Å². The number of anilines is 2. The van der Waals surface area contributed by atoms with E-state index in [1.807, 2.05) is 49.3 Å². The third-order valence-electron chi connectivity index (χ3n) is 2.44. The largest absolute Gasteiger partial charge is 0.363 e. The van der Waals surface area contributed by atoms with Crippen molar-refractivity contribution < 1.29 is 0 Å². The Labute approximate surface area is 112 Å². The lowest BCUT2D eigenvalue weighted by molar-refractivity contribution is 1.01. The van der Waals surface area contributed by atoms with Crippen molar-refractivity contribution in [3.8, 4) is 0 Å². The fraction of sp³-hybridized carbons (Fsp3) is 0.231. The molecule has 2 rings (SSSR count). The third-order valence-corrected chi connectivity index (χ3v) is 2.67. The van der Waals surface area contributed by atoms with E-state index in [2.05, 4.69) is 15.3 Å². The molecule has 1 N–H and O–H groups in total. The van der Waals surface area contributed by atoms with Crippen molar-refractivity contribution in [2.24, 2.45) is 0 Å². The van der Waals surface area contributed by atoms with Gasteiger partial charge in [-0.25, -0.2) is 4.98 Å². The topological polar surface area (TPSA) is 41.1 Å². The minimum absolute atomic E-state index is 0.612. The van der Waals surface area contributed by atoms with Crippen LogP contribution in [0.3, 0.4) is 0 Å². The number of halogens is 1. The average molecular weight is 263 g/mol. The molecule has 1 heterocycles. The fourth-order valence-electron chi connectivity index (χ4n) is 1.51. The van der Waals surface area contributed by atoms with Gasteiger partial charge in [-0.1, -0.05) is 23.7 Å². The molecule has 0 radical (unpaired) electrons. The van der Waals surface area contributed by atoms with E-state index in [-0.39, 0.29) is 0 Å². The summed E-state index contributed by atoms with van der Waals surface area (Å²) in [6.45, 7) is 0.650. The van der Waals surface area contributed by atoms with E-state index in [1.165, 1.54) is 0 Å². The molecule has 0 amide bonds. The first-order chi connectivity index (χ1) is 8.65. The highest BCUT2D eigenvalue weighted by molar-refractivity contribution is 6.30. The number of hydrogen-bond acceptors (Lipinski definition) is 4. The lowest BCUT2D eigenvalue weighted by Crippen LogP contribution is -2.12. The second-order valence-electron chi connectivity index (χ2n) is 4.12. The molecule has 18 heavy (non-hydrogen) atoms. The van der Waals surface area contributed by atoms with Crippen LogP contribution in [0.5, 0.6) is 0 Å². The normalized spacial score (nSPS) is 10.2. The van der Waals surface area contributed by atoms with Crippen molar-refractivity contribution in [2.75, 3.05) is 24.3 Å². The van der Waals surface area contributed by atoms with Crippen LogP contribution in [0.4, 0.5) is 11.8 Å². The summed E-state index contributed by atoms with van der Waals surface area (Å²) in [7, 11) is 3.90. The lowest BCUT2D eigenvalue weighted by atomic mass is 10.2. The van der Waals surface area contributed by atoms with E-state index < -0.39 is 0 Å². The van der Waals surface area contributed by atoms with E-state index in [0.717, 1.165) is 16.4 Å². The highest BCUT2D eigenvalue weighted by atomic mass is 35.5. The molecule has 0 saturated carbocycles. The Bertz CT molecular complexity index is 528. The van der Waals surface area contributed by atoms with Crippen molar-refractivity contribution >= 4 is 23.4 Å². The van der Waals surface area contributed by atoms with E-state index in [4.69, 9.17) is 11.6 Å². The zero-order valence-electron chi connectivity index (χ0n) is 10.4. The van der Waals surface area contributed by atoms with Crippen LogP contribution < -0.4 is 10.2 Å². The van der Waals surface area contributed by atoms with Crippen LogP contribution in [0.2, 0.25) is 5.02 Å². The first kappa shape index (κ1) is 12.6. The zero-order valence-corrected chi connectivity index (χ0v) is 11.1. The van der Waals surface area contributed by atoms with E-state index >= 15 is 0 Å². The molecule has 0 fully saturated rings. The average Bonchev–Trinajstić information content (AvgIpc) is 2.37. The Morgan fingerprint density at radius 1 is 1.28 bits per heavy atom. The SMILES string of the molecule is CN(C)c1ccnc(NCc2cccc(Cl)c2)n1. The van der Waals surface area contributed by atoms with Gasteiger partial charge in [-0.15, -0.1) is 0 Å². The summed E-state index contributed by atoms with van der Waals surface area (Å²) in [5, 5.41) is 3.91. The quantitative estimate of drug-likeness (QED) is 0.920. The number of aromatic nitrogens is 2. The van der Waals surface area contributed by atoms with Crippen LogP contribution in [0.15, 0.2) is 36.5 Å². The van der Waals surface area contributed by atoms with Crippen molar-refractivity contribution in [1.29, 1.82) is 0 Å². The molecule has 0 aliphatic heterocycles. The van der Waals surface area contributed by atoms with Gasteiger partial charge in [0.1, 0.15) is 5.82 Å². The maximum Gasteiger partial charge on any atom is 0.224 e. The molecule has 0 atom stereocenters. The lowest BCUT2D eigenvalue weighted by Gasteiger charge is -2.12. The summed E-state index contributed by atoms with van der Waals surface area (Å²) in [5.74, 6) is 1.49. The Kier molecular flexibility index (Phi) is 3.99. The van der Waals surface area contributed by atoms with Gasteiger partial charge in [-0.2, -0.15) is 4.98 Å². The van der Waals surface area contributed by atoms with E-state index in [0.29, 0.717) is 12.5 Å². The molecule has 4 nitrogen and oxygen atoms in total. The molecule has 0 spiro atoms. The van der Waals surface area contributed by atoms with Gasteiger partial charge in [0.25, 0.3) is 0 Å². The van der Waals surface area contributed by atoms with Crippen LogP contribution in [-0.4, -0.2) is 24.1 Å². The number of nitrogens with one attached hydrogen (secondary N) is 1. The Balaban J connectivity index is 2.04. The van der Waals surface area contributed by atoms with Gasteiger partial charge in [0.15, 0.2) is 0 Å². The third kappa shape index (κ3) is 3.34. The first-order valence-electron chi connectivity index (χ1n) is 5.64. The second kappa shape index (κ2) is 5.69. The molecule has 2 aromatic rings. The molecule has 5 heteroatoms.